The first kappa shape index (κ1) is 87.3. The van der Waals surface area contributed by atoms with Crippen molar-refractivity contribution in [3.8, 4) is 0 Å². The van der Waals surface area contributed by atoms with E-state index in [4.69, 9.17) is 9.47 Å². The number of allylic oxidation sites excluding steroid dienone is 20. The number of unbranched alkanes of at least 4 members (excludes halogenated alkanes) is 45. The summed E-state index contributed by atoms with van der Waals surface area (Å²) in [5, 5.41) is 9.73. The minimum atomic E-state index is -0.782. The van der Waals surface area contributed by atoms with Crippen molar-refractivity contribution in [3.63, 3.8) is 0 Å². The lowest BCUT2D eigenvalue weighted by Crippen LogP contribution is -2.28. The van der Waals surface area contributed by atoms with E-state index in [0.717, 1.165) is 103 Å². The van der Waals surface area contributed by atoms with Gasteiger partial charge in [0.1, 0.15) is 6.61 Å². The van der Waals surface area contributed by atoms with Crippen LogP contribution in [0, 0.1) is 0 Å². The number of hydrogen-bond acceptors (Lipinski definition) is 5. The molecule has 0 rings (SSSR count). The highest BCUT2D eigenvalue weighted by Gasteiger charge is 2.16. The first-order valence-corrected chi connectivity index (χ1v) is 39.6. The summed E-state index contributed by atoms with van der Waals surface area (Å²) >= 11 is 0. The summed E-state index contributed by atoms with van der Waals surface area (Å²) < 4.78 is 10.8. The number of esters is 2. The third-order valence-electron chi connectivity index (χ3n) is 17.5. The Labute approximate surface area is 566 Å². The van der Waals surface area contributed by atoms with Crippen LogP contribution in [0.2, 0.25) is 0 Å². The van der Waals surface area contributed by atoms with Gasteiger partial charge >= 0.3 is 11.9 Å². The van der Waals surface area contributed by atoms with Crippen LogP contribution in [-0.2, 0) is 19.1 Å². The van der Waals surface area contributed by atoms with Gasteiger partial charge in [-0.2, -0.15) is 0 Å². The van der Waals surface area contributed by atoms with Crippen molar-refractivity contribution in [1.82, 2.24) is 0 Å². The van der Waals surface area contributed by atoms with Crippen LogP contribution >= 0.6 is 0 Å². The molecular weight excluding hydrogens is 1110 g/mol. The largest absolute Gasteiger partial charge is 0.462 e. The highest BCUT2D eigenvalue weighted by atomic mass is 16.6. The van der Waals surface area contributed by atoms with E-state index in [1.54, 1.807) is 0 Å². The van der Waals surface area contributed by atoms with Crippen molar-refractivity contribution < 1.29 is 24.2 Å². The van der Waals surface area contributed by atoms with Crippen molar-refractivity contribution in [2.45, 2.75) is 399 Å². The first-order chi connectivity index (χ1) is 45.1. The van der Waals surface area contributed by atoms with Crippen molar-refractivity contribution in [1.29, 1.82) is 0 Å². The lowest BCUT2D eigenvalue weighted by molar-refractivity contribution is -0.161. The maximum Gasteiger partial charge on any atom is 0.306 e. The van der Waals surface area contributed by atoms with Gasteiger partial charge in [-0.15, -0.1) is 0 Å². The maximum absolute atomic E-state index is 12.4. The van der Waals surface area contributed by atoms with Crippen LogP contribution in [0.4, 0.5) is 0 Å². The van der Waals surface area contributed by atoms with E-state index in [9.17, 15) is 14.7 Å². The monoisotopic (exact) mass is 1260 g/mol. The van der Waals surface area contributed by atoms with Crippen LogP contribution in [0.3, 0.4) is 0 Å². The minimum absolute atomic E-state index is 0.0686. The Hall–Kier alpha value is -3.70. The molecule has 91 heavy (non-hydrogen) atoms. The molecule has 524 valence electrons. The van der Waals surface area contributed by atoms with Crippen LogP contribution < -0.4 is 0 Å². The lowest BCUT2D eigenvalue weighted by Gasteiger charge is -2.15. The molecule has 0 bridgehead atoms. The number of aliphatic hydroxyl groups excluding tert-OH is 1. The molecule has 1 atom stereocenters. The molecule has 5 heteroatoms. The Morgan fingerprint density at radius 2 is 0.473 bits per heavy atom. The molecule has 0 aliphatic rings. The molecular formula is C86H150O5. The lowest BCUT2D eigenvalue weighted by atomic mass is 10.0. The van der Waals surface area contributed by atoms with E-state index >= 15 is 0 Å². The molecule has 0 aliphatic carbocycles. The van der Waals surface area contributed by atoms with Gasteiger partial charge in [0.15, 0.2) is 6.10 Å². The fourth-order valence-electron chi connectivity index (χ4n) is 11.6. The third kappa shape index (κ3) is 78.7. The number of hydrogen-bond donors (Lipinski definition) is 1. The Balaban J connectivity index is 3.47. The predicted octanol–water partition coefficient (Wildman–Crippen LogP) is 28.1. The SMILES string of the molecule is CC/C=C\C/C=C\C/C=C\C/C=C\C/C=C\C/C=C\C/C=C\C/C=C\C/C=C\C/C=C\CCCCCCCCCCCCC(=O)OC(CO)COC(=O)CCCCCCCCCCCCCCCCCCCCCCCCCCCCCCCCCCCCCC. The van der Waals surface area contributed by atoms with Crippen LogP contribution in [-0.4, -0.2) is 36.4 Å². The fourth-order valence-corrected chi connectivity index (χ4v) is 11.6. The number of carbonyl (C=O) groups excluding carboxylic acids is 2. The van der Waals surface area contributed by atoms with Crippen LogP contribution in [0.15, 0.2) is 122 Å². The molecule has 0 spiro atoms. The molecule has 0 saturated carbocycles. The Kier molecular flexibility index (Phi) is 77.3. The zero-order valence-electron chi connectivity index (χ0n) is 60.3. The van der Waals surface area contributed by atoms with Crippen molar-refractivity contribution >= 4 is 11.9 Å². The van der Waals surface area contributed by atoms with Crippen LogP contribution in [0.25, 0.3) is 0 Å². The zero-order valence-corrected chi connectivity index (χ0v) is 60.3. The fraction of sp³-hybridized carbons (Fsp3) is 0.744. The Bertz CT molecular complexity index is 1770. The summed E-state index contributed by atoms with van der Waals surface area (Å²) in [7, 11) is 0. The average Bonchev–Trinajstić information content (AvgIpc) is 3.68. The quantitative estimate of drug-likeness (QED) is 0.0373. The molecule has 1 unspecified atom stereocenters. The zero-order chi connectivity index (χ0) is 65.4. The maximum atomic E-state index is 12.4. The van der Waals surface area contributed by atoms with E-state index in [2.05, 4.69) is 135 Å². The minimum Gasteiger partial charge on any atom is -0.462 e. The molecule has 0 fully saturated rings. The molecule has 1 N–H and O–H groups in total. The van der Waals surface area contributed by atoms with Gasteiger partial charge in [0.25, 0.3) is 0 Å². The highest BCUT2D eigenvalue weighted by Crippen LogP contribution is 2.19. The van der Waals surface area contributed by atoms with E-state index < -0.39 is 6.10 Å². The number of carbonyl (C=O) groups is 2. The van der Waals surface area contributed by atoms with E-state index in [0.29, 0.717) is 12.8 Å². The van der Waals surface area contributed by atoms with Crippen LogP contribution in [0.1, 0.15) is 393 Å². The third-order valence-corrected chi connectivity index (χ3v) is 17.5. The van der Waals surface area contributed by atoms with Gasteiger partial charge in [-0.25, -0.2) is 0 Å². The number of ether oxygens (including phenoxy) is 2. The van der Waals surface area contributed by atoms with Gasteiger partial charge in [0.2, 0.25) is 0 Å². The molecule has 0 aromatic carbocycles. The second kappa shape index (κ2) is 80.5. The van der Waals surface area contributed by atoms with E-state index in [-0.39, 0.29) is 25.2 Å². The number of aliphatic hydroxyl groups is 1. The molecule has 5 nitrogen and oxygen atoms in total. The van der Waals surface area contributed by atoms with E-state index in [1.807, 2.05) is 0 Å². The molecule has 0 aromatic heterocycles. The van der Waals surface area contributed by atoms with E-state index in [1.165, 1.54) is 263 Å². The molecule has 0 amide bonds. The van der Waals surface area contributed by atoms with Gasteiger partial charge in [0.05, 0.1) is 6.61 Å². The molecule has 0 heterocycles. The van der Waals surface area contributed by atoms with Gasteiger partial charge < -0.3 is 14.6 Å². The van der Waals surface area contributed by atoms with Crippen molar-refractivity contribution in [2.75, 3.05) is 13.2 Å². The number of rotatable bonds is 73. The molecule has 0 aliphatic heterocycles. The van der Waals surface area contributed by atoms with Gasteiger partial charge in [0, 0.05) is 12.8 Å². The first-order valence-electron chi connectivity index (χ1n) is 39.6. The van der Waals surface area contributed by atoms with Crippen molar-refractivity contribution in [3.05, 3.63) is 122 Å². The van der Waals surface area contributed by atoms with Crippen LogP contribution in [0.5, 0.6) is 0 Å². The normalized spacial score (nSPS) is 12.9. The second-order valence-electron chi connectivity index (χ2n) is 26.4. The van der Waals surface area contributed by atoms with Crippen molar-refractivity contribution in [2.24, 2.45) is 0 Å². The Morgan fingerprint density at radius 1 is 0.264 bits per heavy atom. The average molecular weight is 1260 g/mol. The standard InChI is InChI=1S/C86H150O5/c1-3-5-7-9-11-13-15-17-19-21-23-25-27-29-31-33-35-37-39-41-42-43-44-45-47-49-51-53-55-57-59-61-63-65-67-69-71-73-75-77-79-81-86(89)91-84(82-87)83-90-85(88)80-78-76-74-72-70-68-66-64-62-60-58-56-54-52-50-48-46-40-38-36-34-32-30-28-26-24-22-20-18-16-14-12-10-8-6-4-2/h5,7,11,13,17,19,23,25,29,31,35,37,41-42,44-45,49,51,55,57,84,87H,3-4,6,8-10,12,14-16,18,20-22,24,26-28,30,32-34,36,38-40,43,46-48,50,52-54,56,58-83H2,1-2H3/b7-5-,13-11-,19-17-,25-23-,31-29-,37-35-,42-41-,45-44-,51-49-,57-55-. The summed E-state index contributed by atoms with van der Waals surface area (Å²) in [4.78, 5) is 24.7. The smallest absolute Gasteiger partial charge is 0.306 e. The molecule has 0 radical (unpaired) electrons. The summed E-state index contributed by atoms with van der Waals surface area (Å²) in [6.45, 7) is 4.07. The highest BCUT2D eigenvalue weighted by molar-refractivity contribution is 5.70. The summed E-state index contributed by atoms with van der Waals surface area (Å²) in [5.41, 5.74) is 0. The predicted molar refractivity (Wildman–Crippen MR) is 403 cm³/mol. The van der Waals surface area contributed by atoms with Gasteiger partial charge in [-0.1, -0.05) is 411 Å². The van der Waals surface area contributed by atoms with Gasteiger partial charge in [-0.05, 0) is 89.9 Å². The summed E-state index contributed by atoms with van der Waals surface area (Å²) in [5.74, 6) is -0.584. The topological polar surface area (TPSA) is 72.8 Å². The molecule has 0 saturated heterocycles. The molecule has 0 aromatic rings. The second-order valence-corrected chi connectivity index (χ2v) is 26.4. The summed E-state index contributed by atoms with van der Waals surface area (Å²) in [6, 6.07) is 0. The summed E-state index contributed by atoms with van der Waals surface area (Å²) in [6.07, 6.45) is 118. The Morgan fingerprint density at radius 3 is 0.714 bits per heavy atom. The van der Waals surface area contributed by atoms with Gasteiger partial charge in [-0.3, -0.25) is 9.59 Å².